The molecule has 0 unspecified atom stereocenters. The predicted molar refractivity (Wildman–Crippen MR) is 44.0 cm³/mol. The Kier molecular flexibility index (Phi) is 1.43. The molecule has 0 bridgehead atoms. The molecule has 60 valence electrons. The van der Waals surface area contributed by atoms with Crippen LogP contribution in [-0.4, -0.2) is 11.0 Å². The van der Waals surface area contributed by atoms with Gasteiger partial charge in [0.2, 0.25) is 6.41 Å². The summed E-state index contributed by atoms with van der Waals surface area (Å²) in [7, 11) is 0. The summed E-state index contributed by atoms with van der Waals surface area (Å²) in [4.78, 5) is 10.4. The van der Waals surface area contributed by atoms with Crippen LogP contribution in [0.4, 0.5) is 4.39 Å². The van der Waals surface area contributed by atoms with E-state index >= 15 is 0 Å². The zero-order valence-electron chi connectivity index (χ0n) is 6.20. The Morgan fingerprint density at radius 3 is 2.92 bits per heavy atom. The fourth-order valence-corrected chi connectivity index (χ4v) is 1.26. The molecule has 0 amide bonds. The van der Waals surface area contributed by atoms with Crippen LogP contribution in [0.25, 0.3) is 10.9 Å². The van der Waals surface area contributed by atoms with E-state index in [0.29, 0.717) is 11.9 Å². The molecular formula is C9H6FNO. The van der Waals surface area contributed by atoms with Gasteiger partial charge in [0.1, 0.15) is 5.82 Å². The first-order valence-corrected chi connectivity index (χ1v) is 3.53. The van der Waals surface area contributed by atoms with E-state index in [1.54, 1.807) is 24.4 Å². The van der Waals surface area contributed by atoms with Gasteiger partial charge in [-0.3, -0.25) is 9.36 Å². The largest absolute Gasteiger partial charge is 0.287 e. The van der Waals surface area contributed by atoms with E-state index < -0.39 is 0 Å². The number of hydrogen-bond acceptors (Lipinski definition) is 1. The molecule has 1 aromatic carbocycles. The average Bonchev–Trinajstić information content (AvgIpc) is 2.49. The molecule has 0 radical (unpaired) electrons. The van der Waals surface area contributed by atoms with E-state index in [-0.39, 0.29) is 5.82 Å². The number of halogens is 1. The third-order valence-corrected chi connectivity index (χ3v) is 1.80. The summed E-state index contributed by atoms with van der Waals surface area (Å²) in [6.45, 7) is 0. The Morgan fingerprint density at radius 1 is 1.33 bits per heavy atom. The number of aromatic nitrogens is 1. The summed E-state index contributed by atoms with van der Waals surface area (Å²) in [5.74, 6) is -0.371. The van der Waals surface area contributed by atoms with E-state index in [9.17, 15) is 9.18 Å². The van der Waals surface area contributed by atoms with Gasteiger partial charge in [-0.05, 0) is 12.1 Å². The SMILES string of the molecule is O=Cn1ccc2cccc(F)c21. The van der Waals surface area contributed by atoms with Gasteiger partial charge in [-0.15, -0.1) is 0 Å². The number of benzene rings is 1. The molecule has 0 spiro atoms. The molecule has 0 fully saturated rings. The Hall–Kier alpha value is -1.64. The smallest absolute Gasteiger partial charge is 0.218 e. The lowest BCUT2D eigenvalue weighted by molar-refractivity contribution is 0.547. The molecule has 0 aliphatic heterocycles. The van der Waals surface area contributed by atoms with Gasteiger partial charge >= 0.3 is 0 Å². The van der Waals surface area contributed by atoms with Gasteiger partial charge in [0.15, 0.2) is 0 Å². The van der Waals surface area contributed by atoms with Gasteiger partial charge in [-0.25, -0.2) is 4.39 Å². The van der Waals surface area contributed by atoms with Crippen molar-refractivity contribution in [3.63, 3.8) is 0 Å². The van der Waals surface area contributed by atoms with Gasteiger partial charge in [0.05, 0.1) is 5.52 Å². The molecule has 1 heterocycles. The molecule has 0 atom stereocenters. The second-order valence-corrected chi connectivity index (χ2v) is 2.51. The van der Waals surface area contributed by atoms with Crippen molar-refractivity contribution < 1.29 is 9.18 Å². The van der Waals surface area contributed by atoms with Crippen LogP contribution in [0.1, 0.15) is 0 Å². The zero-order chi connectivity index (χ0) is 8.55. The minimum Gasteiger partial charge on any atom is -0.287 e. The van der Waals surface area contributed by atoms with E-state index in [1.165, 1.54) is 10.6 Å². The number of nitrogens with zero attached hydrogens (tertiary/aromatic N) is 1. The first-order chi connectivity index (χ1) is 5.83. The van der Waals surface area contributed by atoms with Crippen molar-refractivity contribution in [3.05, 3.63) is 36.3 Å². The Bertz CT molecular complexity index is 433. The number of fused-ring (bicyclic) bond motifs is 1. The van der Waals surface area contributed by atoms with Crippen LogP contribution in [0.3, 0.4) is 0 Å². The predicted octanol–water partition coefficient (Wildman–Crippen LogP) is 1.82. The normalized spacial score (nSPS) is 10.4. The standard InChI is InChI=1S/C9H6FNO/c10-8-3-1-2-7-4-5-11(6-12)9(7)8/h1-6H. The number of para-hydroxylation sites is 1. The molecule has 2 aromatic rings. The van der Waals surface area contributed by atoms with Gasteiger partial charge in [-0.2, -0.15) is 0 Å². The molecule has 0 N–H and O–H groups in total. The number of rotatable bonds is 1. The Balaban J connectivity index is 2.91. The highest BCUT2D eigenvalue weighted by Crippen LogP contribution is 2.17. The van der Waals surface area contributed by atoms with Crippen molar-refractivity contribution in [1.29, 1.82) is 0 Å². The maximum absolute atomic E-state index is 13.1. The summed E-state index contributed by atoms with van der Waals surface area (Å²) in [6.07, 6.45) is 2.13. The molecule has 2 nitrogen and oxygen atoms in total. The highest BCUT2D eigenvalue weighted by atomic mass is 19.1. The number of carbonyl (C=O) groups is 1. The molecule has 0 saturated carbocycles. The molecule has 0 saturated heterocycles. The highest BCUT2D eigenvalue weighted by Gasteiger charge is 2.03. The Labute approximate surface area is 68.2 Å². The lowest BCUT2D eigenvalue weighted by Gasteiger charge is -1.94. The van der Waals surface area contributed by atoms with Crippen LogP contribution in [-0.2, 0) is 4.79 Å². The first kappa shape index (κ1) is 7.03. The third kappa shape index (κ3) is 0.830. The topological polar surface area (TPSA) is 22.0 Å². The van der Waals surface area contributed by atoms with Crippen LogP contribution in [0.5, 0.6) is 0 Å². The fourth-order valence-electron chi connectivity index (χ4n) is 1.26. The van der Waals surface area contributed by atoms with E-state index in [1.807, 2.05) is 0 Å². The molecule has 1 aromatic heterocycles. The highest BCUT2D eigenvalue weighted by molar-refractivity contribution is 5.85. The molecule has 0 aliphatic rings. The van der Waals surface area contributed by atoms with Crippen molar-refractivity contribution in [1.82, 2.24) is 4.57 Å². The van der Waals surface area contributed by atoms with Gasteiger partial charge in [0, 0.05) is 11.6 Å². The maximum Gasteiger partial charge on any atom is 0.218 e. The molecular weight excluding hydrogens is 157 g/mol. The molecule has 0 aliphatic carbocycles. The van der Waals surface area contributed by atoms with E-state index in [0.717, 1.165) is 5.39 Å². The van der Waals surface area contributed by atoms with Crippen molar-refractivity contribution in [3.8, 4) is 0 Å². The van der Waals surface area contributed by atoms with Crippen LogP contribution >= 0.6 is 0 Å². The second kappa shape index (κ2) is 2.44. The summed E-state index contributed by atoms with van der Waals surface area (Å²) in [5, 5.41) is 0.738. The van der Waals surface area contributed by atoms with E-state index in [4.69, 9.17) is 0 Å². The first-order valence-electron chi connectivity index (χ1n) is 3.53. The Morgan fingerprint density at radius 2 is 2.17 bits per heavy atom. The summed E-state index contributed by atoms with van der Waals surface area (Å²) in [6, 6.07) is 6.42. The molecule has 3 heteroatoms. The van der Waals surface area contributed by atoms with Crippen LogP contribution in [0.2, 0.25) is 0 Å². The van der Waals surface area contributed by atoms with Gasteiger partial charge < -0.3 is 0 Å². The summed E-state index contributed by atoms with van der Waals surface area (Å²) < 4.78 is 14.3. The summed E-state index contributed by atoms with van der Waals surface area (Å²) >= 11 is 0. The van der Waals surface area contributed by atoms with Gasteiger partial charge in [0.25, 0.3) is 0 Å². The monoisotopic (exact) mass is 163 g/mol. The molecule has 12 heavy (non-hydrogen) atoms. The number of hydrogen-bond donors (Lipinski definition) is 0. The summed E-state index contributed by atoms with van der Waals surface area (Å²) in [5.41, 5.74) is 0.340. The van der Waals surface area contributed by atoms with Crippen LogP contribution in [0.15, 0.2) is 30.5 Å². The maximum atomic E-state index is 13.1. The quantitative estimate of drug-likeness (QED) is 0.588. The van der Waals surface area contributed by atoms with Crippen molar-refractivity contribution in [2.45, 2.75) is 0 Å². The average molecular weight is 163 g/mol. The van der Waals surface area contributed by atoms with Crippen molar-refractivity contribution in [2.75, 3.05) is 0 Å². The minimum absolute atomic E-state index is 0.340. The van der Waals surface area contributed by atoms with Crippen LogP contribution in [0, 0.1) is 5.82 Å². The third-order valence-electron chi connectivity index (χ3n) is 1.80. The lowest BCUT2D eigenvalue weighted by atomic mass is 10.2. The minimum atomic E-state index is -0.371. The fraction of sp³-hybridized carbons (Fsp3) is 0. The lowest BCUT2D eigenvalue weighted by Crippen LogP contribution is -1.93. The number of carbonyl (C=O) groups excluding carboxylic acids is 1. The van der Waals surface area contributed by atoms with E-state index in [2.05, 4.69) is 0 Å². The zero-order valence-corrected chi connectivity index (χ0v) is 6.20. The van der Waals surface area contributed by atoms with Crippen molar-refractivity contribution in [2.24, 2.45) is 0 Å². The van der Waals surface area contributed by atoms with Crippen LogP contribution < -0.4 is 0 Å². The van der Waals surface area contributed by atoms with Crippen molar-refractivity contribution >= 4 is 17.3 Å². The van der Waals surface area contributed by atoms with Gasteiger partial charge in [-0.1, -0.05) is 12.1 Å². The second-order valence-electron chi connectivity index (χ2n) is 2.51. The molecule has 2 rings (SSSR count).